The Labute approximate surface area is 127 Å². The van der Waals surface area contributed by atoms with E-state index < -0.39 is 5.60 Å². The van der Waals surface area contributed by atoms with Crippen LogP contribution in [0, 0.1) is 6.92 Å². The van der Waals surface area contributed by atoms with Crippen LogP contribution in [0.5, 0.6) is 0 Å². The number of aryl methyl sites for hydroxylation is 1. The molecule has 0 aromatic heterocycles. The predicted molar refractivity (Wildman–Crippen MR) is 82.7 cm³/mol. The molecule has 0 saturated heterocycles. The van der Waals surface area contributed by atoms with Crippen molar-refractivity contribution >= 4 is 11.9 Å². The van der Waals surface area contributed by atoms with Gasteiger partial charge in [-0.1, -0.05) is 29.8 Å². The van der Waals surface area contributed by atoms with Crippen molar-refractivity contribution in [3.63, 3.8) is 0 Å². The molecule has 1 rings (SSSR count). The van der Waals surface area contributed by atoms with Crippen LogP contribution in [0.4, 0.5) is 0 Å². The molecule has 4 nitrogen and oxygen atoms in total. The van der Waals surface area contributed by atoms with E-state index in [-0.39, 0.29) is 24.7 Å². The molecule has 0 saturated carbocycles. The first-order chi connectivity index (χ1) is 9.67. The summed E-state index contributed by atoms with van der Waals surface area (Å²) in [4.78, 5) is 25.3. The Bertz CT molecular complexity index is 503. The lowest BCUT2D eigenvalue weighted by molar-refractivity contribution is -0.156. The molecule has 21 heavy (non-hydrogen) atoms. The summed E-state index contributed by atoms with van der Waals surface area (Å²) in [6.45, 7) is 8.02. The van der Waals surface area contributed by atoms with Crippen molar-refractivity contribution in [1.82, 2.24) is 4.90 Å². The van der Waals surface area contributed by atoms with E-state index in [2.05, 4.69) is 6.07 Å². The minimum absolute atomic E-state index is 0.0534. The van der Waals surface area contributed by atoms with E-state index in [1.54, 1.807) is 11.9 Å². The average Bonchev–Trinajstić information content (AvgIpc) is 2.33. The highest BCUT2D eigenvalue weighted by molar-refractivity contribution is 5.81. The molecule has 0 fully saturated rings. The van der Waals surface area contributed by atoms with Gasteiger partial charge in [-0.25, -0.2) is 0 Å². The molecule has 0 spiro atoms. The van der Waals surface area contributed by atoms with Gasteiger partial charge in [0.2, 0.25) is 5.91 Å². The summed E-state index contributed by atoms with van der Waals surface area (Å²) in [5.74, 6) is -0.387. The van der Waals surface area contributed by atoms with Crippen LogP contribution in [0.25, 0.3) is 0 Å². The van der Waals surface area contributed by atoms with Gasteiger partial charge >= 0.3 is 5.97 Å². The third-order valence-corrected chi connectivity index (χ3v) is 2.89. The van der Waals surface area contributed by atoms with Gasteiger partial charge in [0, 0.05) is 20.0 Å². The number of amides is 1. The lowest BCUT2D eigenvalue weighted by Gasteiger charge is -2.20. The number of nitrogens with zero attached hydrogens (tertiary/aromatic N) is 1. The average molecular weight is 291 g/mol. The normalized spacial score (nSPS) is 11.1. The van der Waals surface area contributed by atoms with Crippen LogP contribution in [0.2, 0.25) is 0 Å². The zero-order chi connectivity index (χ0) is 16.0. The van der Waals surface area contributed by atoms with Gasteiger partial charge in [0.25, 0.3) is 0 Å². The van der Waals surface area contributed by atoms with Gasteiger partial charge in [-0.2, -0.15) is 0 Å². The lowest BCUT2D eigenvalue weighted by Crippen LogP contribution is -2.28. The number of hydrogen-bond donors (Lipinski definition) is 0. The van der Waals surface area contributed by atoms with Crippen molar-refractivity contribution < 1.29 is 14.3 Å². The first kappa shape index (κ1) is 17.2. The van der Waals surface area contributed by atoms with E-state index in [1.165, 1.54) is 5.56 Å². The van der Waals surface area contributed by atoms with E-state index in [0.717, 1.165) is 5.56 Å². The van der Waals surface area contributed by atoms with Crippen LogP contribution in [0.3, 0.4) is 0 Å². The molecule has 0 N–H and O–H groups in total. The van der Waals surface area contributed by atoms with Crippen LogP contribution in [0.1, 0.15) is 44.7 Å². The maximum Gasteiger partial charge on any atom is 0.306 e. The maximum absolute atomic E-state index is 12.0. The second kappa shape index (κ2) is 7.25. The Morgan fingerprint density at radius 2 is 1.86 bits per heavy atom. The van der Waals surface area contributed by atoms with Crippen LogP contribution in [-0.4, -0.2) is 29.4 Å². The molecular weight excluding hydrogens is 266 g/mol. The fourth-order valence-electron chi connectivity index (χ4n) is 1.96. The van der Waals surface area contributed by atoms with E-state index >= 15 is 0 Å². The van der Waals surface area contributed by atoms with Gasteiger partial charge in [-0.05, 0) is 33.3 Å². The number of carbonyl (C=O) groups is 2. The van der Waals surface area contributed by atoms with E-state index in [0.29, 0.717) is 6.54 Å². The van der Waals surface area contributed by atoms with Crippen LogP contribution >= 0.6 is 0 Å². The number of hydrogen-bond acceptors (Lipinski definition) is 3. The second-order valence-corrected chi connectivity index (χ2v) is 6.33. The number of esters is 1. The van der Waals surface area contributed by atoms with Gasteiger partial charge < -0.3 is 9.64 Å². The zero-order valence-electron chi connectivity index (χ0n) is 13.6. The van der Waals surface area contributed by atoms with Gasteiger partial charge in [0.1, 0.15) is 5.60 Å². The summed E-state index contributed by atoms with van der Waals surface area (Å²) in [5, 5.41) is 0. The molecule has 0 unspecified atom stereocenters. The number of ether oxygens (including phenoxy) is 1. The quantitative estimate of drug-likeness (QED) is 0.783. The number of carbonyl (C=O) groups excluding carboxylic acids is 2. The van der Waals surface area contributed by atoms with Gasteiger partial charge in [-0.15, -0.1) is 0 Å². The number of rotatable bonds is 5. The van der Waals surface area contributed by atoms with E-state index in [4.69, 9.17) is 4.74 Å². The minimum atomic E-state index is -0.506. The monoisotopic (exact) mass is 291 g/mol. The van der Waals surface area contributed by atoms with Crippen molar-refractivity contribution in [2.24, 2.45) is 0 Å². The molecule has 0 atom stereocenters. The Balaban J connectivity index is 2.43. The van der Waals surface area contributed by atoms with Crippen LogP contribution in [0.15, 0.2) is 24.3 Å². The molecule has 0 aliphatic carbocycles. The zero-order valence-corrected chi connectivity index (χ0v) is 13.6. The predicted octanol–water partition coefficient (Wildman–Crippen LogP) is 3.08. The molecule has 0 heterocycles. The summed E-state index contributed by atoms with van der Waals surface area (Å²) in [6, 6.07) is 8.04. The van der Waals surface area contributed by atoms with E-state index in [1.807, 2.05) is 45.9 Å². The molecule has 1 aromatic rings. The Kier molecular flexibility index (Phi) is 5.94. The first-order valence-corrected chi connectivity index (χ1v) is 7.19. The second-order valence-electron chi connectivity index (χ2n) is 6.33. The smallest absolute Gasteiger partial charge is 0.306 e. The van der Waals surface area contributed by atoms with Crippen LogP contribution in [-0.2, 0) is 20.9 Å². The molecule has 1 aromatic carbocycles. The summed E-state index contributed by atoms with van der Waals surface area (Å²) in [6.07, 6.45) is 0.297. The lowest BCUT2D eigenvalue weighted by atomic mass is 10.1. The summed E-state index contributed by atoms with van der Waals surface area (Å²) >= 11 is 0. The van der Waals surface area contributed by atoms with E-state index in [9.17, 15) is 9.59 Å². The summed E-state index contributed by atoms with van der Waals surface area (Å²) < 4.78 is 5.19. The molecule has 0 bridgehead atoms. The van der Waals surface area contributed by atoms with Crippen molar-refractivity contribution in [2.45, 2.75) is 52.7 Å². The van der Waals surface area contributed by atoms with Crippen molar-refractivity contribution in [1.29, 1.82) is 0 Å². The highest BCUT2D eigenvalue weighted by Gasteiger charge is 2.18. The summed E-state index contributed by atoms with van der Waals surface area (Å²) in [5.41, 5.74) is 1.75. The first-order valence-electron chi connectivity index (χ1n) is 7.19. The summed E-state index contributed by atoms with van der Waals surface area (Å²) in [7, 11) is 1.75. The SMILES string of the molecule is Cc1cccc(CN(C)C(=O)CCC(=O)OC(C)(C)C)c1. The molecule has 1 amide bonds. The molecule has 4 heteroatoms. The third-order valence-electron chi connectivity index (χ3n) is 2.89. The van der Waals surface area contributed by atoms with Crippen molar-refractivity contribution in [3.8, 4) is 0 Å². The molecule has 0 aliphatic rings. The largest absolute Gasteiger partial charge is 0.460 e. The highest BCUT2D eigenvalue weighted by atomic mass is 16.6. The molecule has 116 valence electrons. The van der Waals surface area contributed by atoms with Crippen LogP contribution < -0.4 is 0 Å². The fraction of sp³-hybridized carbons (Fsp3) is 0.529. The maximum atomic E-state index is 12.0. The number of benzene rings is 1. The van der Waals surface area contributed by atoms with Gasteiger partial charge in [-0.3, -0.25) is 9.59 Å². The topological polar surface area (TPSA) is 46.6 Å². The molecular formula is C17H25NO3. The van der Waals surface area contributed by atoms with Crippen molar-refractivity contribution in [3.05, 3.63) is 35.4 Å². The molecule has 0 aliphatic heterocycles. The third kappa shape index (κ3) is 6.93. The Morgan fingerprint density at radius 3 is 2.43 bits per heavy atom. The Morgan fingerprint density at radius 1 is 1.19 bits per heavy atom. The van der Waals surface area contributed by atoms with Gasteiger partial charge in [0.05, 0.1) is 6.42 Å². The van der Waals surface area contributed by atoms with Crippen molar-refractivity contribution in [2.75, 3.05) is 7.05 Å². The standard InChI is InChI=1S/C17H25NO3/c1-13-7-6-8-14(11-13)12-18(5)15(19)9-10-16(20)21-17(2,3)4/h6-8,11H,9-10,12H2,1-5H3. The van der Waals surface area contributed by atoms with Gasteiger partial charge in [0.15, 0.2) is 0 Å². The Hall–Kier alpha value is -1.84. The molecule has 0 radical (unpaired) electrons. The minimum Gasteiger partial charge on any atom is -0.460 e. The highest BCUT2D eigenvalue weighted by Crippen LogP contribution is 2.11. The fourth-order valence-corrected chi connectivity index (χ4v) is 1.96.